The Morgan fingerprint density at radius 3 is 2.70 bits per heavy atom. The number of rotatable bonds is 7. The average Bonchev–Trinajstić information content (AvgIpc) is 3.09. The van der Waals surface area contributed by atoms with E-state index in [1.54, 1.807) is 25.1 Å². The number of hydrazone groups is 1. The third-order valence-electron chi connectivity index (χ3n) is 4.12. The number of para-hydroxylation sites is 2. The first-order valence-corrected chi connectivity index (χ1v) is 8.53. The van der Waals surface area contributed by atoms with Crippen LogP contribution in [0, 0.1) is 0 Å². The lowest BCUT2D eigenvalue weighted by Crippen LogP contribution is -2.24. The minimum atomic E-state index is -0.204. The second-order valence-electron chi connectivity index (χ2n) is 6.11. The summed E-state index contributed by atoms with van der Waals surface area (Å²) in [5.74, 6) is 1.14. The first kappa shape index (κ1) is 18.4. The van der Waals surface area contributed by atoms with Gasteiger partial charge in [-0.2, -0.15) is 5.10 Å². The molecule has 1 heterocycles. The fourth-order valence-corrected chi connectivity index (χ4v) is 2.81. The molecule has 0 radical (unpaired) electrons. The van der Waals surface area contributed by atoms with Crippen LogP contribution in [-0.2, 0) is 17.8 Å². The van der Waals surface area contributed by atoms with Crippen molar-refractivity contribution in [1.29, 1.82) is 0 Å². The summed E-state index contributed by atoms with van der Waals surface area (Å²) >= 11 is 0. The fraction of sp³-hybridized carbons (Fsp3) is 0.250. The molecule has 0 aliphatic carbocycles. The molecule has 1 amide bonds. The van der Waals surface area contributed by atoms with E-state index in [9.17, 15) is 4.79 Å². The first-order chi connectivity index (χ1) is 13.1. The normalized spacial score (nSPS) is 11.4. The molecular weight excluding hydrogens is 344 g/mol. The maximum absolute atomic E-state index is 12.2. The number of benzene rings is 2. The number of hydrogen-bond donors (Lipinski definition) is 1. The number of imidazole rings is 1. The van der Waals surface area contributed by atoms with Gasteiger partial charge < -0.3 is 14.0 Å². The van der Waals surface area contributed by atoms with E-state index in [1.165, 1.54) is 0 Å². The minimum Gasteiger partial charge on any atom is -0.493 e. The molecule has 0 fully saturated rings. The predicted octanol–water partition coefficient (Wildman–Crippen LogP) is 2.79. The van der Waals surface area contributed by atoms with Crippen molar-refractivity contribution in [3.05, 3.63) is 54.4 Å². The largest absolute Gasteiger partial charge is 0.493 e. The van der Waals surface area contributed by atoms with Gasteiger partial charge in [0.2, 0.25) is 0 Å². The van der Waals surface area contributed by atoms with Crippen LogP contribution >= 0.6 is 0 Å². The van der Waals surface area contributed by atoms with Gasteiger partial charge in [0.15, 0.2) is 11.5 Å². The van der Waals surface area contributed by atoms with E-state index in [1.807, 2.05) is 49.4 Å². The SMILES string of the molecule is COc1ccc(C/C(C)=N\NC(=O)Cn2cnc3ccccc32)cc1OC. The molecule has 0 aliphatic rings. The van der Waals surface area contributed by atoms with Crippen LogP contribution in [0.4, 0.5) is 0 Å². The molecule has 1 aromatic heterocycles. The summed E-state index contributed by atoms with van der Waals surface area (Å²) in [5.41, 5.74) is 6.18. The van der Waals surface area contributed by atoms with Gasteiger partial charge in [-0.25, -0.2) is 10.4 Å². The molecule has 3 aromatic rings. The van der Waals surface area contributed by atoms with Gasteiger partial charge in [-0.1, -0.05) is 18.2 Å². The molecule has 0 unspecified atom stereocenters. The van der Waals surface area contributed by atoms with E-state index in [2.05, 4.69) is 15.5 Å². The molecule has 2 aromatic carbocycles. The number of nitrogens with one attached hydrogen (secondary N) is 1. The number of hydrogen-bond acceptors (Lipinski definition) is 5. The molecule has 140 valence electrons. The smallest absolute Gasteiger partial charge is 0.260 e. The molecular formula is C20H22N4O3. The predicted molar refractivity (Wildman–Crippen MR) is 104 cm³/mol. The van der Waals surface area contributed by atoms with Crippen molar-refractivity contribution in [1.82, 2.24) is 15.0 Å². The molecule has 0 spiro atoms. The molecule has 0 saturated heterocycles. The van der Waals surface area contributed by atoms with Crippen molar-refractivity contribution in [2.45, 2.75) is 19.9 Å². The molecule has 7 heteroatoms. The second kappa shape index (κ2) is 8.35. The molecule has 1 N–H and O–H groups in total. The Kier molecular flexibility index (Phi) is 5.71. The van der Waals surface area contributed by atoms with Gasteiger partial charge in [0.05, 0.1) is 31.6 Å². The highest BCUT2D eigenvalue weighted by atomic mass is 16.5. The summed E-state index contributed by atoms with van der Waals surface area (Å²) < 4.78 is 12.3. The van der Waals surface area contributed by atoms with Gasteiger partial charge in [0.25, 0.3) is 5.91 Å². The maximum Gasteiger partial charge on any atom is 0.260 e. The Balaban J connectivity index is 1.61. The summed E-state index contributed by atoms with van der Waals surface area (Å²) in [7, 11) is 3.20. The molecule has 0 aliphatic heterocycles. The monoisotopic (exact) mass is 366 g/mol. The van der Waals surface area contributed by atoms with Crippen molar-refractivity contribution in [2.75, 3.05) is 14.2 Å². The molecule has 3 rings (SSSR count). The van der Waals surface area contributed by atoms with E-state index in [4.69, 9.17) is 9.47 Å². The van der Waals surface area contributed by atoms with E-state index in [-0.39, 0.29) is 12.5 Å². The van der Waals surface area contributed by atoms with Crippen LogP contribution < -0.4 is 14.9 Å². The molecule has 0 bridgehead atoms. The lowest BCUT2D eigenvalue weighted by molar-refractivity contribution is -0.121. The standard InChI is InChI=1S/C20H22N4O3/c1-14(10-15-8-9-18(26-2)19(11-15)27-3)22-23-20(25)12-24-13-21-16-6-4-5-7-17(16)24/h4-9,11,13H,10,12H2,1-3H3,(H,23,25)/b22-14-. The zero-order chi connectivity index (χ0) is 19.2. The molecule has 27 heavy (non-hydrogen) atoms. The first-order valence-electron chi connectivity index (χ1n) is 8.53. The second-order valence-corrected chi connectivity index (χ2v) is 6.11. The number of carbonyl (C=O) groups is 1. The zero-order valence-corrected chi connectivity index (χ0v) is 15.6. The van der Waals surface area contributed by atoms with Crippen LogP contribution in [0.15, 0.2) is 53.9 Å². The highest BCUT2D eigenvalue weighted by Gasteiger charge is 2.08. The van der Waals surface area contributed by atoms with Gasteiger partial charge in [0.1, 0.15) is 6.54 Å². The fourth-order valence-electron chi connectivity index (χ4n) is 2.81. The van der Waals surface area contributed by atoms with Crippen LogP contribution in [-0.4, -0.2) is 35.4 Å². The van der Waals surface area contributed by atoms with E-state index in [0.717, 1.165) is 22.3 Å². The van der Waals surface area contributed by atoms with Crippen molar-refractivity contribution in [3.63, 3.8) is 0 Å². The summed E-state index contributed by atoms with van der Waals surface area (Å²) in [6, 6.07) is 13.4. The molecule has 0 saturated carbocycles. The summed E-state index contributed by atoms with van der Waals surface area (Å²) in [5, 5.41) is 4.19. The Hall–Kier alpha value is -3.35. The number of aromatic nitrogens is 2. The Labute approximate surface area is 157 Å². The van der Waals surface area contributed by atoms with Crippen molar-refractivity contribution in [2.24, 2.45) is 5.10 Å². The minimum absolute atomic E-state index is 0.160. The summed E-state index contributed by atoms with van der Waals surface area (Å²) in [6.45, 7) is 2.03. The Morgan fingerprint density at radius 1 is 1.15 bits per heavy atom. The zero-order valence-electron chi connectivity index (χ0n) is 15.6. The van der Waals surface area contributed by atoms with Crippen LogP contribution in [0.3, 0.4) is 0 Å². The van der Waals surface area contributed by atoms with Gasteiger partial charge in [-0.3, -0.25) is 4.79 Å². The van der Waals surface area contributed by atoms with Crippen LogP contribution in [0.5, 0.6) is 11.5 Å². The number of fused-ring (bicyclic) bond motifs is 1. The number of nitrogens with zero attached hydrogens (tertiary/aromatic N) is 3. The van der Waals surface area contributed by atoms with Gasteiger partial charge in [-0.15, -0.1) is 0 Å². The average molecular weight is 366 g/mol. The Bertz CT molecular complexity index is 978. The molecule has 7 nitrogen and oxygen atoms in total. The summed E-state index contributed by atoms with van der Waals surface area (Å²) in [4.78, 5) is 16.5. The lowest BCUT2D eigenvalue weighted by atomic mass is 10.1. The quantitative estimate of drug-likeness (QED) is 0.515. The number of amides is 1. The van der Waals surface area contributed by atoms with Crippen molar-refractivity contribution in [3.8, 4) is 11.5 Å². The highest BCUT2D eigenvalue weighted by Crippen LogP contribution is 2.27. The van der Waals surface area contributed by atoms with Gasteiger partial charge in [-0.05, 0) is 36.8 Å². The summed E-state index contributed by atoms with van der Waals surface area (Å²) in [6.07, 6.45) is 2.25. The number of ether oxygens (including phenoxy) is 2. The van der Waals surface area contributed by atoms with Crippen LogP contribution in [0.25, 0.3) is 11.0 Å². The number of methoxy groups -OCH3 is 2. The van der Waals surface area contributed by atoms with Crippen LogP contribution in [0.1, 0.15) is 12.5 Å². The van der Waals surface area contributed by atoms with E-state index in [0.29, 0.717) is 17.9 Å². The highest BCUT2D eigenvalue weighted by molar-refractivity contribution is 5.86. The third-order valence-corrected chi connectivity index (χ3v) is 4.12. The van der Waals surface area contributed by atoms with Crippen molar-refractivity contribution >= 4 is 22.7 Å². The van der Waals surface area contributed by atoms with Crippen LogP contribution in [0.2, 0.25) is 0 Å². The van der Waals surface area contributed by atoms with Gasteiger partial charge in [0, 0.05) is 12.1 Å². The number of carbonyl (C=O) groups excluding carboxylic acids is 1. The third kappa shape index (κ3) is 4.44. The topological polar surface area (TPSA) is 77.7 Å². The lowest BCUT2D eigenvalue weighted by Gasteiger charge is -2.09. The van der Waals surface area contributed by atoms with E-state index >= 15 is 0 Å². The Morgan fingerprint density at radius 2 is 1.93 bits per heavy atom. The van der Waals surface area contributed by atoms with E-state index < -0.39 is 0 Å². The van der Waals surface area contributed by atoms with Crippen molar-refractivity contribution < 1.29 is 14.3 Å². The molecule has 0 atom stereocenters. The maximum atomic E-state index is 12.2. The van der Waals surface area contributed by atoms with Gasteiger partial charge >= 0.3 is 0 Å².